The Labute approximate surface area is 184 Å². The predicted molar refractivity (Wildman–Crippen MR) is 119 cm³/mol. The summed E-state index contributed by atoms with van der Waals surface area (Å²) in [5, 5.41) is 20.3. The minimum absolute atomic E-state index is 0.0836. The lowest BCUT2D eigenvalue weighted by atomic mass is 9.54. The van der Waals surface area contributed by atoms with Gasteiger partial charge in [0.2, 0.25) is 0 Å². The number of aliphatic hydroxyl groups is 1. The van der Waals surface area contributed by atoms with Gasteiger partial charge in [-0.2, -0.15) is 0 Å². The highest BCUT2D eigenvalue weighted by Gasteiger charge is 2.58. The van der Waals surface area contributed by atoms with E-state index in [1.807, 2.05) is 18.2 Å². The summed E-state index contributed by atoms with van der Waals surface area (Å²) < 4.78 is 6.06. The Bertz CT molecular complexity index is 955. The van der Waals surface area contributed by atoms with Crippen LogP contribution < -0.4 is 4.74 Å². The van der Waals surface area contributed by atoms with Gasteiger partial charge in [0.15, 0.2) is 0 Å². The molecule has 0 aliphatic heterocycles. The first-order valence-corrected chi connectivity index (χ1v) is 11.6. The minimum Gasteiger partial charge on any atom is -0.489 e. The average molecular weight is 421 g/mol. The molecule has 6 atom stereocenters. The molecule has 4 heteroatoms. The van der Waals surface area contributed by atoms with Gasteiger partial charge in [0.1, 0.15) is 12.4 Å². The summed E-state index contributed by atoms with van der Waals surface area (Å²) in [6.45, 7) is 2.78. The van der Waals surface area contributed by atoms with Crippen LogP contribution in [0.15, 0.2) is 48.5 Å². The maximum Gasteiger partial charge on any atom is 0.303 e. The van der Waals surface area contributed by atoms with E-state index in [1.165, 1.54) is 11.1 Å². The third-order valence-electron chi connectivity index (χ3n) is 8.47. The van der Waals surface area contributed by atoms with Crippen molar-refractivity contribution in [2.75, 3.05) is 0 Å². The Hall–Kier alpha value is -2.33. The van der Waals surface area contributed by atoms with E-state index in [-0.39, 0.29) is 23.9 Å². The molecule has 2 fully saturated rings. The zero-order valence-electron chi connectivity index (χ0n) is 18.2. The lowest BCUT2D eigenvalue weighted by molar-refractivity contribution is -0.139. The Balaban J connectivity index is 1.37. The van der Waals surface area contributed by atoms with Crippen LogP contribution in [0.3, 0.4) is 0 Å². The van der Waals surface area contributed by atoms with Gasteiger partial charge in [-0.25, -0.2) is 0 Å². The van der Waals surface area contributed by atoms with Crippen LogP contribution in [0.1, 0.15) is 61.6 Å². The van der Waals surface area contributed by atoms with E-state index in [1.54, 1.807) is 0 Å². The maximum absolute atomic E-state index is 11.5. The fraction of sp³-hybridized carbons (Fsp3) is 0.519. The molecule has 2 aromatic rings. The van der Waals surface area contributed by atoms with Crippen LogP contribution in [0.2, 0.25) is 0 Å². The van der Waals surface area contributed by atoms with E-state index < -0.39 is 5.97 Å². The molecule has 3 unspecified atom stereocenters. The molecular weight excluding hydrogens is 388 g/mol. The zero-order valence-corrected chi connectivity index (χ0v) is 18.2. The fourth-order valence-corrected chi connectivity index (χ4v) is 7.08. The number of carbonyl (C=O) groups is 1. The predicted octanol–water partition coefficient (Wildman–Crippen LogP) is 5.18. The molecule has 2 aromatic carbocycles. The molecule has 4 nitrogen and oxygen atoms in total. The van der Waals surface area contributed by atoms with E-state index in [4.69, 9.17) is 4.74 Å². The molecule has 164 valence electrons. The average Bonchev–Trinajstić information content (AvgIpc) is 3.01. The summed E-state index contributed by atoms with van der Waals surface area (Å²) in [6, 6.07) is 16.8. The lowest BCUT2D eigenvalue weighted by Gasteiger charge is -2.51. The van der Waals surface area contributed by atoms with E-state index in [2.05, 4.69) is 37.3 Å². The Morgan fingerprint density at radius 2 is 1.97 bits per heavy atom. The normalized spacial score (nSPS) is 33.8. The third-order valence-corrected chi connectivity index (χ3v) is 8.47. The van der Waals surface area contributed by atoms with E-state index in [0.717, 1.165) is 37.0 Å². The third kappa shape index (κ3) is 3.65. The number of rotatable bonds is 5. The molecular formula is C27H32O4. The first kappa shape index (κ1) is 20.6. The number of carboxylic acids is 1. The van der Waals surface area contributed by atoms with Gasteiger partial charge in [-0.3, -0.25) is 4.79 Å². The van der Waals surface area contributed by atoms with Gasteiger partial charge >= 0.3 is 5.97 Å². The minimum atomic E-state index is -0.736. The van der Waals surface area contributed by atoms with Crippen molar-refractivity contribution in [1.29, 1.82) is 0 Å². The molecule has 2 saturated carbocycles. The summed E-state index contributed by atoms with van der Waals surface area (Å²) in [6.07, 6.45) is 4.56. The summed E-state index contributed by atoms with van der Waals surface area (Å²) in [4.78, 5) is 11.5. The number of aliphatic carboxylic acids is 1. The number of fused-ring (bicyclic) bond motifs is 5. The highest BCUT2D eigenvalue weighted by Crippen LogP contribution is 2.63. The summed E-state index contributed by atoms with van der Waals surface area (Å²) in [5.74, 6) is 1.48. The molecule has 0 heterocycles. The second kappa shape index (κ2) is 7.98. The van der Waals surface area contributed by atoms with Crippen molar-refractivity contribution in [2.24, 2.45) is 23.2 Å². The molecule has 3 aliphatic carbocycles. The van der Waals surface area contributed by atoms with Crippen molar-refractivity contribution in [1.82, 2.24) is 0 Å². The standard InChI is InChI=1S/C27H32O4/c1-27-12-11-22-21-10-8-20(31-16-17-5-3-2-4-6-17)13-18(21)7-9-23(22)26(27)19(14-24(27)28)15-25(29)30/h2-6,8,10,13,19,22-24,26,28H,7,9,11-12,14-16H2,1H3,(H,29,30)/t19-,22?,23?,24+,26?,27-/m1/s1. The summed E-state index contributed by atoms with van der Waals surface area (Å²) in [5.41, 5.74) is 3.82. The van der Waals surface area contributed by atoms with Gasteiger partial charge in [-0.05, 0) is 90.0 Å². The summed E-state index contributed by atoms with van der Waals surface area (Å²) in [7, 11) is 0. The number of hydrogen-bond donors (Lipinski definition) is 2. The SMILES string of the molecule is C[C@]12CCC3c4ccc(OCc5ccccc5)cc4CCC3C1[C@@H](CC(=O)O)C[C@@H]2O. The van der Waals surface area contributed by atoms with Crippen LogP contribution in [-0.2, 0) is 17.8 Å². The van der Waals surface area contributed by atoms with E-state index >= 15 is 0 Å². The molecule has 0 bridgehead atoms. The Kier molecular flexibility index (Phi) is 5.29. The first-order chi connectivity index (χ1) is 15.0. The molecule has 0 amide bonds. The molecule has 0 spiro atoms. The molecule has 0 aromatic heterocycles. The van der Waals surface area contributed by atoms with Gasteiger partial charge in [-0.15, -0.1) is 0 Å². The molecule has 0 radical (unpaired) electrons. The second-order valence-electron chi connectivity index (χ2n) is 10.1. The second-order valence-corrected chi connectivity index (χ2v) is 10.1. The van der Waals surface area contributed by atoms with Crippen LogP contribution in [0.5, 0.6) is 5.75 Å². The van der Waals surface area contributed by atoms with Crippen molar-refractivity contribution in [3.63, 3.8) is 0 Å². The topological polar surface area (TPSA) is 66.8 Å². The van der Waals surface area contributed by atoms with Crippen molar-refractivity contribution < 1.29 is 19.7 Å². The Morgan fingerprint density at radius 1 is 1.16 bits per heavy atom. The van der Waals surface area contributed by atoms with Crippen molar-refractivity contribution in [3.05, 3.63) is 65.2 Å². The number of aliphatic hydroxyl groups excluding tert-OH is 1. The van der Waals surface area contributed by atoms with Crippen LogP contribution in [0, 0.1) is 23.2 Å². The molecule has 5 rings (SSSR count). The van der Waals surface area contributed by atoms with E-state index in [9.17, 15) is 15.0 Å². The van der Waals surface area contributed by atoms with Gasteiger partial charge < -0.3 is 14.9 Å². The highest BCUT2D eigenvalue weighted by molar-refractivity contribution is 5.67. The molecule has 31 heavy (non-hydrogen) atoms. The van der Waals surface area contributed by atoms with Crippen LogP contribution in [-0.4, -0.2) is 22.3 Å². The molecule has 2 N–H and O–H groups in total. The van der Waals surface area contributed by atoms with Crippen molar-refractivity contribution in [3.8, 4) is 5.75 Å². The van der Waals surface area contributed by atoms with Gasteiger partial charge in [-0.1, -0.05) is 43.3 Å². The van der Waals surface area contributed by atoms with Crippen molar-refractivity contribution in [2.45, 2.75) is 64.1 Å². The lowest BCUT2D eigenvalue weighted by Crippen LogP contribution is -2.45. The first-order valence-electron chi connectivity index (χ1n) is 11.6. The Morgan fingerprint density at radius 3 is 2.74 bits per heavy atom. The number of aryl methyl sites for hydroxylation is 1. The fourth-order valence-electron chi connectivity index (χ4n) is 7.08. The molecule has 3 aliphatic rings. The van der Waals surface area contributed by atoms with Crippen molar-refractivity contribution >= 4 is 5.97 Å². The number of hydrogen-bond acceptors (Lipinski definition) is 3. The van der Waals surface area contributed by atoms with Crippen LogP contribution >= 0.6 is 0 Å². The zero-order chi connectivity index (χ0) is 21.6. The molecule has 0 saturated heterocycles. The number of benzene rings is 2. The van der Waals surface area contributed by atoms with Gasteiger partial charge in [0, 0.05) is 6.42 Å². The quantitative estimate of drug-likeness (QED) is 0.699. The smallest absolute Gasteiger partial charge is 0.303 e. The largest absolute Gasteiger partial charge is 0.489 e. The monoisotopic (exact) mass is 420 g/mol. The summed E-state index contributed by atoms with van der Waals surface area (Å²) >= 11 is 0. The van der Waals surface area contributed by atoms with E-state index in [0.29, 0.717) is 30.8 Å². The number of ether oxygens (including phenoxy) is 1. The van der Waals surface area contributed by atoms with Gasteiger partial charge in [0.25, 0.3) is 0 Å². The van der Waals surface area contributed by atoms with Gasteiger partial charge in [0.05, 0.1) is 6.10 Å². The maximum atomic E-state index is 11.5. The van der Waals surface area contributed by atoms with Crippen LogP contribution in [0.4, 0.5) is 0 Å². The van der Waals surface area contributed by atoms with Crippen LogP contribution in [0.25, 0.3) is 0 Å². The highest BCUT2D eigenvalue weighted by atomic mass is 16.5. The number of carboxylic acid groups (broad SMARTS) is 1.